The molecule has 0 radical (unpaired) electrons. The lowest BCUT2D eigenvalue weighted by atomic mass is 10.1. The summed E-state index contributed by atoms with van der Waals surface area (Å²) in [6, 6.07) is 16.9. The SMILES string of the molecule is Cc1nn(Cc2ccc(C(=O)NCc3ccccc3)cc2)c(C)c1[N+](=O)[O-]. The van der Waals surface area contributed by atoms with Crippen molar-refractivity contribution in [3.8, 4) is 0 Å². The Bertz CT molecular complexity index is 963. The van der Waals surface area contributed by atoms with Crippen molar-refractivity contribution in [3.05, 3.63) is 92.8 Å². The van der Waals surface area contributed by atoms with Gasteiger partial charge in [0.05, 0.1) is 11.5 Å². The molecule has 0 fully saturated rings. The van der Waals surface area contributed by atoms with Crippen molar-refractivity contribution in [1.82, 2.24) is 15.1 Å². The zero-order valence-corrected chi connectivity index (χ0v) is 15.2. The van der Waals surface area contributed by atoms with Gasteiger partial charge >= 0.3 is 5.69 Å². The van der Waals surface area contributed by atoms with E-state index in [-0.39, 0.29) is 11.6 Å². The number of nitro groups is 1. The van der Waals surface area contributed by atoms with Crippen LogP contribution in [0.4, 0.5) is 5.69 Å². The van der Waals surface area contributed by atoms with Crippen LogP contribution in [-0.2, 0) is 13.1 Å². The topological polar surface area (TPSA) is 90.1 Å². The maximum atomic E-state index is 12.3. The highest BCUT2D eigenvalue weighted by molar-refractivity contribution is 5.94. The predicted molar refractivity (Wildman–Crippen MR) is 102 cm³/mol. The van der Waals surface area contributed by atoms with Crippen molar-refractivity contribution in [1.29, 1.82) is 0 Å². The largest absolute Gasteiger partial charge is 0.348 e. The standard InChI is InChI=1S/C20H20N4O3/c1-14-19(24(26)27)15(2)23(22-14)13-17-8-10-18(11-9-17)20(25)21-12-16-6-4-3-5-7-16/h3-11H,12-13H2,1-2H3,(H,21,25). The van der Waals surface area contributed by atoms with Crippen LogP contribution in [0, 0.1) is 24.0 Å². The summed E-state index contributed by atoms with van der Waals surface area (Å²) in [7, 11) is 0. The number of amides is 1. The molecule has 7 nitrogen and oxygen atoms in total. The monoisotopic (exact) mass is 364 g/mol. The molecule has 0 spiro atoms. The minimum atomic E-state index is -0.408. The first-order chi connectivity index (χ1) is 13.0. The van der Waals surface area contributed by atoms with Gasteiger partial charge in [-0.15, -0.1) is 0 Å². The Balaban J connectivity index is 1.66. The number of hydrogen-bond acceptors (Lipinski definition) is 4. The van der Waals surface area contributed by atoms with E-state index in [2.05, 4.69) is 10.4 Å². The third-order valence-corrected chi connectivity index (χ3v) is 4.37. The minimum absolute atomic E-state index is 0.0481. The fraction of sp³-hybridized carbons (Fsp3) is 0.200. The molecule has 138 valence electrons. The molecule has 1 N–H and O–H groups in total. The smallest absolute Gasteiger partial charge is 0.312 e. The van der Waals surface area contributed by atoms with E-state index in [1.54, 1.807) is 30.7 Å². The molecule has 0 aliphatic rings. The number of aromatic nitrogens is 2. The van der Waals surface area contributed by atoms with Gasteiger partial charge in [-0.25, -0.2) is 0 Å². The highest BCUT2D eigenvalue weighted by Crippen LogP contribution is 2.22. The summed E-state index contributed by atoms with van der Waals surface area (Å²) < 4.78 is 1.61. The van der Waals surface area contributed by atoms with Gasteiger partial charge in [-0.1, -0.05) is 42.5 Å². The maximum Gasteiger partial charge on any atom is 0.312 e. The van der Waals surface area contributed by atoms with Gasteiger partial charge in [-0.05, 0) is 37.1 Å². The molecule has 1 aromatic heterocycles. The molecule has 7 heteroatoms. The zero-order valence-electron chi connectivity index (χ0n) is 15.2. The van der Waals surface area contributed by atoms with Crippen LogP contribution < -0.4 is 5.32 Å². The second-order valence-electron chi connectivity index (χ2n) is 6.30. The fourth-order valence-corrected chi connectivity index (χ4v) is 2.92. The molecule has 0 saturated heterocycles. The van der Waals surface area contributed by atoms with Crippen molar-refractivity contribution >= 4 is 11.6 Å². The second-order valence-corrected chi connectivity index (χ2v) is 6.30. The predicted octanol–water partition coefficient (Wildman–Crippen LogP) is 3.39. The Kier molecular flexibility index (Phi) is 5.30. The fourth-order valence-electron chi connectivity index (χ4n) is 2.92. The van der Waals surface area contributed by atoms with E-state index in [0.29, 0.717) is 30.0 Å². The van der Waals surface area contributed by atoms with E-state index in [9.17, 15) is 14.9 Å². The number of hydrogen-bond donors (Lipinski definition) is 1. The number of carbonyl (C=O) groups is 1. The van der Waals surface area contributed by atoms with Gasteiger partial charge < -0.3 is 5.32 Å². The van der Waals surface area contributed by atoms with Crippen LogP contribution in [0.1, 0.15) is 32.9 Å². The first-order valence-electron chi connectivity index (χ1n) is 8.55. The average molecular weight is 364 g/mol. The van der Waals surface area contributed by atoms with Crippen LogP contribution in [0.3, 0.4) is 0 Å². The Hall–Kier alpha value is -3.48. The first-order valence-corrected chi connectivity index (χ1v) is 8.55. The number of nitrogens with zero attached hydrogens (tertiary/aromatic N) is 3. The van der Waals surface area contributed by atoms with E-state index in [1.807, 2.05) is 42.5 Å². The molecule has 0 saturated carbocycles. The summed E-state index contributed by atoms with van der Waals surface area (Å²) in [5.41, 5.74) is 3.47. The van der Waals surface area contributed by atoms with Gasteiger partial charge in [0.1, 0.15) is 11.4 Å². The van der Waals surface area contributed by atoms with Gasteiger partial charge in [-0.2, -0.15) is 5.10 Å². The second kappa shape index (κ2) is 7.82. The summed E-state index contributed by atoms with van der Waals surface area (Å²) in [5.74, 6) is -0.146. The maximum absolute atomic E-state index is 12.3. The third-order valence-electron chi connectivity index (χ3n) is 4.37. The molecular weight excluding hydrogens is 344 g/mol. The molecule has 1 amide bonds. The molecule has 0 aliphatic carbocycles. The van der Waals surface area contributed by atoms with Crippen molar-refractivity contribution in [2.75, 3.05) is 0 Å². The molecular formula is C20H20N4O3. The Labute approximate surface area is 156 Å². The van der Waals surface area contributed by atoms with E-state index in [0.717, 1.165) is 11.1 Å². The minimum Gasteiger partial charge on any atom is -0.348 e. The number of aryl methyl sites for hydroxylation is 1. The number of rotatable bonds is 6. The number of benzene rings is 2. The van der Waals surface area contributed by atoms with E-state index in [1.165, 1.54) is 0 Å². The van der Waals surface area contributed by atoms with Gasteiger partial charge in [0.2, 0.25) is 0 Å². The van der Waals surface area contributed by atoms with Gasteiger partial charge in [0.25, 0.3) is 5.91 Å². The van der Waals surface area contributed by atoms with Gasteiger partial charge in [0.15, 0.2) is 0 Å². The zero-order chi connectivity index (χ0) is 19.4. The van der Waals surface area contributed by atoms with Gasteiger partial charge in [-0.3, -0.25) is 19.6 Å². The summed E-state index contributed by atoms with van der Waals surface area (Å²) >= 11 is 0. The van der Waals surface area contributed by atoms with Crippen LogP contribution in [0.5, 0.6) is 0 Å². The highest BCUT2D eigenvalue weighted by Gasteiger charge is 2.21. The molecule has 3 rings (SSSR count). The molecule has 3 aromatic rings. The molecule has 0 unspecified atom stereocenters. The number of nitrogens with one attached hydrogen (secondary N) is 1. The lowest BCUT2D eigenvalue weighted by molar-refractivity contribution is -0.386. The van der Waals surface area contributed by atoms with Crippen LogP contribution in [0.15, 0.2) is 54.6 Å². The van der Waals surface area contributed by atoms with Crippen molar-refractivity contribution in [3.63, 3.8) is 0 Å². The molecule has 0 bridgehead atoms. The first kappa shape index (κ1) is 18.3. The number of carbonyl (C=O) groups excluding carboxylic acids is 1. The Morgan fingerprint density at radius 1 is 1.07 bits per heavy atom. The van der Waals surface area contributed by atoms with Crippen molar-refractivity contribution in [2.45, 2.75) is 26.9 Å². The van der Waals surface area contributed by atoms with Crippen LogP contribution >= 0.6 is 0 Å². The van der Waals surface area contributed by atoms with Crippen LogP contribution in [0.25, 0.3) is 0 Å². The van der Waals surface area contributed by atoms with E-state index in [4.69, 9.17) is 0 Å². The molecule has 1 heterocycles. The quantitative estimate of drug-likeness (QED) is 0.536. The Morgan fingerprint density at radius 3 is 2.33 bits per heavy atom. The molecule has 0 atom stereocenters. The van der Waals surface area contributed by atoms with Crippen molar-refractivity contribution < 1.29 is 9.72 Å². The third kappa shape index (κ3) is 4.20. The summed E-state index contributed by atoms with van der Waals surface area (Å²) in [4.78, 5) is 23.0. The highest BCUT2D eigenvalue weighted by atomic mass is 16.6. The van der Waals surface area contributed by atoms with Crippen LogP contribution in [-0.4, -0.2) is 20.6 Å². The summed E-state index contributed by atoms with van der Waals surface area (Å²) in [6.45, 7) is 4.19. The average Bonchev–Trinajstić information content (AvgIpc) is 2.94. The normalized spacial score (nSPS) is 10.6. The lowest BCUT2D eigenvalue weighted by Gasteiger charge is -2.07. The van der Waals surface area contributed by atoms with Crippen LogP contribution in [0.2, 0.25) is 0 Å². The molecule has 2 aromatic carbocycles. The molecule has 27 heavy (non-hydrogen) atoms. The lowest BCUT2D eigenvalue weighted by Crippen LogP contribution is -2.22. The van der Waals surface area contributed by atoms with Crippen molar-refractivity contribution in [2.24, 2.45) is 0 Å². The Morgan fingerprint density at radius 2 is 1.74 bits per heavy atom. The molecule has 0 aliphatic heterocycles. The van der Waals surface area contributed by atoms with E-state index >= 15 is 0 Å². The summed E-state index contributed by atoms with van der Waals surface area (Å²) in [6.07, 6.45) is 0. The van der Waals surface area contributed by atoms with Gasteiger partial charge in [0, 0.05) is 12.1 Å². The van der Waals surface area contributed by atoms with E-state index < -0.39 is 4.92 Å². The summed E-state index contributed by atoms with van der Waals surface area (Å²) in [5, 5.41) is 18.2.